The van der Waals surface area contributed by atoms with Crippen LogP contribution in [0.25, 0.3) is 0 Å². The van der Waals surface area contributed by atoms with Gasteiger partial charge in [0, 0.05) is 6.42 Å². The highest BCUT2D eigenvalue weighted by Gasteiger charge is 2.23. The third kappa shape index (κ3) is 43.6. The van der Waals surface area contributed by atoms with Crippen LogP contribution in [-0.2, 0) is 18.4 Å². The minimum Gasteiger partial charge on any atom is -0.756 e. The number of phosphoric acid groups is 1. The van der Waals surface area contributed by atoms with Gasteiger partial charge in [-0.15, -0.1) is 0 Å². The van der Waals surface area contributed by atoms with Crippen molar-refractivity contribution in [3.8, 4) is 0 Å². The Kier molecular flexibility index (Phi) is 39.4. The number of phosphoric ester groups is 1. The zero-order valence-electron chi connectivity index (χ0n) is 38.4. The number of aliphatic hydroxyl groups excluding tert-OH is 1. The van der Waals surface area contributed by atoms with Crippen molar-refractivity contribution in [2.24, 2.45) is 0 Å². The number of quaternary nitrogens is 1. The molecular weight excluding hydrogens is 756 g/mol. The average Bonchev–Trinajstić information content (AvgIpc) is 3.19. The molecule has 0 saturated heterocycles. The van der Waals surface area contributed by atoms with Crippen molar-refractivity contribution in [1.29, 1.82) is 0 Å². The molecule has 0 aromatic heterocycles. The van der Waals surface area contributed by atoms with Gasteiger partial charge in [0.1, 0.15) is 13.2 Å². The lowest BCUT2D eigenvalue weighted by Crippen LogP contribution is -2.45. The Balaban J connectivity index is 4.01. The predicted octanol–water partition coefficient (Wildman–Crippen LogP) is 12.7. The summed E-state index contributed by atoms with van der Waals surface area (Å²) in [6.45, 7) is 4.42. The van der Waals surface area contributed by atoms with E-state index in [1.54, 1.807) is 6.08 Å². The van der Waals surface area contributed by atoms with Crippen LogP contribution >= 0.6 is 7.82 Å². The lowest BCUT2D eigenvalue weighted by atomic mass is 10.0. The van der Waals surface area contributed by atoms with Gasteiger partial charge in [0.25, 0.3) is 7.82 Å². The van der Waals surface area contributed by atoms with Crippen LogP contribution in [0.1, 0.15) is 174 Å². The largest absolute Gasteiger partial charge is 0.756 e. The number of likely N-dealkylation sites (N-methyl/N-ethyl adjacent to an activating group) is 1. The molecule has 0 rings (SSSR count). The molecule has 2 N–H and O–H groups in total. The van der Waals surface area contributed by atoms with Crippen molar-refractivity contribution in [3.63, 3.8) is 0 Å². The average molecular weight is 845 g/mol. The van der Waals surface area contributed by atoms with Crippen LogP contribution in [0.5, 0.6) is 0 Å². The van der Waals surface area contributed by atoms with Gasteiger partial charge in [0.15, 0.2) is 0 Å². The second kappa shape index (κ2) is 41.1. The van der Waals surface area contributed by atoms with Gasteiger partial charge in [0.05, 0.1) is 39.9 Å². The van der Waals surface area contributed by atoms with Gasteiger partial charge in [0.2, 0.25) is 5.91 Å². The molecule has 0 spiro atoms. The van der Waals surface area contributed by atoms with Crippen molar-refractivity contribution in [3.05, 3.63) is 85.1 Å². The van der Waals surface area contributed by atoms with Crippen molar-refractivity contribution >= 4 is 13.7 Å². The summed E-state index contributed by atoms with van der Waals surface area (Å²) >= 11 is 0. The van der Waals surface area contributed by atoms with E-state index in [4.69, 9.17) is 9.05 Å². The monoisotopic (exact) mass is 845 g/mol. The third-order valence-electron chi connectivity index (χ3n) is 9.86. The molecule has 0 fully saturated rings. The van der Waals surface area contributed by atoms with E-state index in [-0.39, 0.29) is 19.1 Å². The van der Waals surface area contributed by atoms with Crippen LogP contribution in [0, 0.1) is 0 Å². The molecule has 0 aromatic rings. The van der Waals surface area contributed by atoms with Gasteiger partial charge in [-0.1, -0.05) is 182 Å². The normalized spacial score (nSPS) is 15.0. The Morgan fingerprint density at radius 2 is 1.03 bits per heavy atom. The highest BCUT2D eigenvalue weighted by Crippen LogP contribution is 2.38. The number of rotatable bonds is 41. The number of allylic oxidation sites excluding steroid dienone is 13. The Labute approximate surface area is 363 Å². The van der Waals surface area contributed by atoms with Crippen molar-refractivity contribution in [2.45, 2.75) is 187 Å². The second-order valence-electron chi connectivity index (χ2n) is 16.7. The highest BCUT2D eigenvalue weighted by molar-refractivity contribution is 7.45. The fraction of sp³-hybridized carbons (Fsp3) is 0.700. The first kappa shape index (κ1) is 56.7. The standard InChI is InChI=1S/C50H89N2O6P/c1-6-8-10-12-14-15-16-17-18-19-20-21-22-23-24-25-26-27-28-29-30-31-32-33-34-35-36-37-38-40-42-44-50(54)51-48(49(53)43-41-39-13-11-9-7-2)47-58-59(55,56)57-46-45-52(3,4)5/h8,10,14-15,17-18,20-21,23-24,26-27,41,43,48-49,53H,6-7,9,11-13,16,19,22,25,28-40,42,44-47H2,1-5H3,(H-,51,54,55,56)/b10-8-,15-14-,18-17-,21-20-,24-23-,27-26-,43-41+. The van der Waals surface area contributed by atoms with Gasteiger partial charge in [-0.05, 0) is 70.6 Å². The van der Waals surface area contributed by atoms with E-state index >= 15 is 0 Å². The zero-order chi connectivity index (χ0) is 43.6. The van der Waals surface area contributed by atoms with Crippen LogP contribution in [0.2, 0.25) is 0 Å². The van der Waals surface area contributed by atoms with E-state index < -0.39 is 20.0 Å². The molecule has 59 heavy (non-hydrogen) atoms. The molecule has 3 unspecified atom stereocenters. The molecule has 0 radical (unpaired) electrons. The molecule has 0 aromatic carbocycles. The van der Waals surface area contributed by atoms with Crippen LogP contribution in [-0.4, -0.2) is 68.5 Å². The molecule has 0 aliphatic carbocycles. The summed E-state index contributed by atoms with van der Waals surface area (Å²) in [7, 11) is 1.24. The van der Waals surface area contributed by atoms with E-state index in [9.17, 15) is 19.4 Å². The van der Waals surface area contributed by atoms with Crippen molar-refractivity contribution in [2.75, 3.05) is 40.9 Å². The number of nitrogens with zero attached hydrogens (tertiary/aromatic N) is 1. The summed E-state index contributed by atoms with van der Waals surface area (Å²) in [5.74, 6) is -0.210. The topological polar surface area (TPSA) is 108 Å². The number of carbonyl (C=O) groups is 1. The maximum Gasteiger partial charge on any atom is 0.268 e. The molecule has 340 valence electrons. The first-order chi connectivity index (χ1) is 28.5. The van der Waals surface area contributed by atoms with E-state index in [1.165, 1.54) is 70.6 Å². The minimum atomic E-state index is -4.58. The number of hydrogen-bond donors (Lipinski definition) is 2. The fourth-order valence-electron chi connectivity index (χ4n) is 6.15. The van der Waals surface area contributed by atoms with Crippen LogP contribution in [0.3, 0.4) is 0 Å². The molecule has 0 aliphatic rings. The quantitative estimate of drug-likeness (QED) is 0.0275. The number of unbranched alkanes of at least 4 members (excludes halogenated alkanes) is 16. The molecule has 0 bridgehead atoms. The summed E-state index contributed by atoms with van der Waals surface area (Å²) in [5, 5.41) is 13.6. The van der Waals surface area contributed by atoms with Gasteiger partial charge >= 0.3 is 0 Å². The van der Waals surface area contributed by atoms with Crippen LogP contribution in [0.4, 0.5) is 0 Å². The van der Waals surface area contributed by atoms with Crippen LogP contribution in [0.15, 0.2) is 85.1 Å². The molecular formula is C50H89N2O6P. The summed E-state index contributed by atoms with van der Waals surface area (Å²) in [4.78, 5) is 25.1. The molecule has 9 heteroatoms. The number of aliphatic hydroxyl groups is 1. The van der Waals surface area contributed by atoms with Gasteiger partial charge in [-0.2, -0.15) is 0 Å². The summed E-state index contributed by atoms with van der Waals surface area (Å²) in [6, 6.07) is -0.888. The van der Waals surface area contributed by atoms with Gasteiger partial charge < -0.3 is 28.8 Å². The van der Waals surface area contributed by atoms with Crippen molar-refractivity contribution in [1.82, 2.24) is 5.32 Å². The summed E-state index contributed by atoms with van der Waals surface area (Å²) in [5.41, 5.74) is 0. The molecule has 8 nitrogen and oxygen atoms in total. The Hall–Kier alpha value is -2.32. The van der Waals surface area contributed by atoms with Crippen LogP contribution < -0.4 is 10.2 Å². The Morgan fingerprint density at radius 3 is 1.51 bits per heavy atom. The van der Waals surface area contributed by atoms with E-state index in [1.807, 2.05) is 27.2 Å². The van der Waals surface area contributed by atoms with Gasteiger partial charge in [-0.25, -0.2) is 0 Å². The first-order valence-electron chi connectivity index (χ1n) is 23.4. The van der Waals surface area contributed by atoms with E-state index in [0.717, 1.165) is 83.5 Å². The number of amides is 1. The number of nitrogens with one attached hydrogen (secondary N) is 1. The number of hydrogen-bond acceptors (Lipinski definition) is 6. The van der Waals surface area contributed by atoms with Crippen molar-refractivity contribution < 1.29 is 32.9 Å². The lowest BCUT2D eigenvalue weighted by Gasteiger charge is -2.29. The molecule has 0 saturated carbocycles. The van der Waals surface area contributed by atoms with E-state index in [2.05, 4.69) is 92.1 Å². The fourth-order valence-corrected chi connectivity index (χ4v) is 6.88. The first-order valence-corrected chi connectivity index (χ1v) is 24.9. The summed E-state index contributed by atoms with van der Waals surface area (Å²) in [6.07, 6.45) is 56.8. The molecule has 0 aliphatic heterocycles. The maximum absolute atomic E-state index is 12.8. The third-order valence-corrected chi connectivity index (χ3v) is 10.8. The zero-order valence-corrected chi connectivity index (χ0v) is 39.3. The molecule has 0 heterocycles. The number of carbonyl (C=O) groups excluding carboxylic acids is 1. The molecule has 1 amide bonds. The second-order valence-corrected chi connectivity index (χ2v) is 18.1. The molecule has 3 atom stereocenters. The van der Waals surface area contributed by atoms with E-state index in [0.29, 0.717) is 17.4 Å². The lowest BCUT2D eigenvalue weighted by molar-refractivity contribution is -0.870. The Bertz CT molecular complexity index is 1230. The predicted molar refractivity (Wildman–Crippen MR) is 251 cm³/mol. The highest BCUT2D eigenvalue weighted by atomic mass is 31.2. The maximum atomic E-state index is 12.8. The van der Waals surface area contributed by atoms with Gasteiger partial charge in [-0.3, -0.25) is 9.36 Å². The minimum absolute atomic E-state index is 0.00559. The smallest absolute Gasteiger partial charge is 0.268 e. The Morgan fingerprint density at radius 1 is 0.610 bits per heavy atom. The SMILES string of the molecule is CC/C=C\C/C=C\C/C=C\C/C=C\C/C=C\C/C=C\CCCCCCCCCCCCCCC(=O)NC(COP(=O)([O-])OCC[N+](C)(C)C)C(O)/C=C/CCCCCC. The summed E-state index contributed by atoms with van der Waals surface area (Å²) < 4.78 is 23.0.